The first-order valence-corrected chi connectivity index (χ1v) is 9.45. The van der Waals surface area contributed by atoms with Gasteiger partial charge in [0, 0.05) is 18.7 Å². The minimum atomic E-state index is 0.158. The maximum absolute atomic E-state index is 12.9. The lowest BCUT2D eigenvalue weighted by atomic mass is 9.98. The first-order valence-electron chi connectivity index (χ1n) is 9.45. The van der Waals surface area contributed by atoms with Crippen LogP contribution in [0.15, 0.2) is 48.5 Å². The minimum absolute atomic E-state index is 0.158. The van der Waals surface area contributed by atoms with E-state index < -0.39 is 0 Å². The molecule has 1 saturated heterocycles. The van der Waals surface area contributed by atoms with Gasteiger partial charge in [0.05, 0.1) is 0 Å². The molecule has 3 nitrogen and oxygen atoms in total. The average Bonchev–Trinajstić information content (AvgIpc) is 3.05. The molecule has 0 bridgehead atoms. The van der Waals surface area contributed by atoms with Gasteiger partial charge in [-0.05, 0) is 73.5 Å². The van der Waals surface area contributed by atoms with Crippen LogP contribution in [0, 0.1) is 5.92 Å². The number of carbonyl (C=O) groups is 1. The molecular weight excluding hydrogens is 308 g/mol. The van der Waals surface area contributed by atoms with Crippen molar-refractivity contribution in [2.45, 2.75) is 32.2 Å². The summed E-state index contributed by atoms with van der Waals surface area (Å²) in [4.78, 5) is 14.9. The van der Waals surface area contributed by atoms with Crippen LogP contribution < -0.4 is 5.32 Å². The van der Waals surface area contributed by atoms with Crippen LogP contribution in [0.3, 0.4) is 0 Å². The first-order chi connectivity index (χ1) is 12.3. The van der Waals surface area contributed by atoms with Crippen LogP contribution in [0.2, 0.25) is 0 Å². The van der Waals surface area contributed by atoms with Gasteiger partial charge in [-0.25, -0.2) is 0 Å². The number of amides is 1. The van der Waals surface area contributed by atoms with Gasteiger partial charge >= 0.3 is 0 Å². The summed E-state index contributed by atoms with van der Waals surface area (Å²) < 4.78 is 0. The Morgan fingerprint density at radius 2 is 1.88 bits per heavy atom. The van der Waals surface area contributed by atoms with Gasteiger partial charge in [-0.1, -0.05) is 36.4 Å². The molecule has 1 amide bonds. The van der Waals surface area contributed by atoms with Gasteiger partial charge in [0.2, 0.25) is 0 Å². The van der Waals surface area contributed by atoms with Crippen molar-refractivity contribution < 1.29 is 4.79 Å². The Kier molecular flexibility index (Phi) is 4.84. The zero-order valence-electron chi connectivity index (χ0n) is 14.7. The van der Waals surface area contributed by atoms with E-state index in [1.54, 1.807) is 0 Å². The van der Waals surface area contributed by atoms with Crippen LogP contribution in [0.4, 0.5) is 0 Å². The van der Waals surface area contributed by atoms with Crippen molar-refractivity contribution in [1.82, 2.24) is 10.2 Å². The number of carbonyl (C=O) groups excluding carboxylic acids is 1. The highest BCUT2D eigenvalue weighted by molar-refractivity contribution is 5.94. The summed E-state index contributed by atoms with van der Waals surface area (Å²) in [5, 5.41) is 3.42. The van der Waals surface area contributed by atoms with E-state index in [4.69, 9.17) is 0 Å². The molecule has 2 aromatic rings. The Morgan fingerprint density at radius 3 is 2.64 bits per heavy atom. The number of fused-ring (bicyclic) bond motifs is 1. The average molecular weight is 334 g/mol. The van der Waals surface area contributed by atoms with E-state index >= 15 is 0 Å². The minimum Gasteiger partial charge on any atom is -0.334 e. The van der Waals surface area contributed by atoms with Crippen LogP contribution in [0.25, 0.3) is 0 Å². The second-order valence-electron chi connectivity index (χ2n) is 7.36. The molecule has 1 fully saturated rings. The fourth-order valence-corrected chi connectivity index (χ4v) is 4.06. The molecule has 0 spiro atoms. The maximum atomic E-state index is 12.9. The molecule has 2 heterocycles. The molecule has 0 radical (unpaired) electrons. The fourth-order valence-electron chi connectivity index (χ4n) is 4.06. The molecule has 0 aromatic heterocycles. The van der Waals surface area contributed by atoms with Crippen molar-refractivity contribution >= 4 is 5.91 Å². The van der Waals surface area contributed by atoms with E-state index in [0.29, 0.717) is 0 Å². The van der Waals surface area contributed by atoms with Gasteiger partial charge < -0.3 is 10.2 Å². The Labute approximate surface area is 150 Å². The molecule has 1 atom stereocenters. The van der Waals surface area contributed by atoms with E-state index in [-0.39, 0.29) is 5.91 Å². The van der Waals surface area contributed by atoms with Gasteiger partial charge in [0.1, 0.15) is 0 Å². The van der Waals surface area contributed by atoms with E-state index in [1.807, 2.05) is 17.0 Å². The largest absolute Gasteiger partial charge is 0.334 e. The van der Waals surface area contributed by atoms with E-state index in [0.717, 1.165) is 56.9 Å². The van der Waals surface area contributed by atoms with Crippen molar-refractivity contribution in [3.63, 3.8) is 0 Å². The summed E-state index contributed by atoms with van der Waals surface area (Å²) in [6.07, 6.45) is 4.47. The Bertz CT molecular complexity index is 732. The van der Waals surface area contributed by atoms with Crippen molar-refractivity contribution in [2.75, 3.05) is 19.6 Å². The van der Waals surface area contributed by atoms with E-state index in [1.165, 1.54) is 23.1 Å². The summed E-state index contributed by atoms with van der Waals surface area (Å²) in [6, 6.07) is 16.8. The van der Waals surface area contributed by atoms with Crippen LogP contribution >= 0.6 is 0 Å². The molecule has 3 heteroatoms. The Balaban J connectivity index is 1.45. The Hall–Kier alpha value is -2.13. The number of hydrogen-bond acceptors (Lipinski definition) is 2. The molecule has 25 heavy (non-hydrogen) atoms. The van der Waals surface area contributed by atoms with Crippen LogP contribution in [0.5, 0.6) is 0 Å². The number of benzene rings is 2. The second-order valence-corrected chi connectivity index (χ2v) is 7.36. The molecule has 130 valence electrons. The highest BCUT2D eigenvalue weighted by Gasteiger charge is 2.20. The number of hydrogen-bond donors (Lipinski definition) is 1. The Morgan fingerprint density at radius 1 is 1.08 bits per heavy atom. The quantitative estimate of drug-likeness (QED) is 0.933. The summed E-state index contributed by atoms with van der Waals surface area (Å²) in [6.45, 7) is 3.82. The van der Waals surface area contributed by atoms with Crippen molar-refractivity contribution in [1.29, 1.82) is 0 Å². The first kappa shape index (κ1) is 16.3. The molecule has 1 unspecified atom stereocenters. The van der Waals surface area contributed by atoms with Crippen molar-refractivity contribution in [3.05, 3.63) is 70.8 Å². The predicted octanol–water partition coefficient (Wildman–Crippen LogP) is 3.43. The van der Waals surface area contributed by atoms with Crippen LogP contribution in [0.1, 0.15) is 39.9 Å². The number of nitrogens with one attached hydrogen (secondary N) is 1. The molecular formula is C22H26N2O. The third-order valence-electron chi connectivity index (χ3n) is 5.53. The standard InChI is InChI=1S/C22H26N2O/c25-22(24-13-3-6-19-4-1-2-5-21(19)16-24)20-9-7-17(8-10-20)14-18-11-12-23-15-18/h1-2,4-5,7-10,18,23H,3,6,11-16H2. The normalized spacial score (nSPS) is 20.2. The van der Waals surface area contributed by atoms with E-state index in [9.17, 15) is 4.79 Å². The zero-order chi connectivity index (χ0) is 17.1. The van der Waals surface area contributed by atoms with Gasteiger partial charge in [-0.15, -0.1) is 0 Å². The predicted molar refractivity (Wildman–Crippen MR) is 101 cm³/mol. The lowest BCUT2D eigenvalue weighted by Gasteiger charge is -2.21. The zero-order valence-corrected chi connectivity index (χ0v) is 14.7. The molecule has 2 aliphatic rings. The highest BCUT2D eigenvalue weighted by atomic mass is 16.2. The summed E-state index contributed by atoms with van der Waals surface area (Å²) in [5.41, 5.74) is 4.83. The highest BCUT2D eigenvalue weighted by Crippen LogP contribution is 2.21. The fraction of sp³-hybridized carbons (Fsp3) is 0.409. The van der Waals surface area contributed by atoms with Gasteiger partial charge in [0.25, 0.3) is 5.91 Å². The molecule has 2 aromatic carbocycles. The number of nitrogens with zero attached hydrogens (tertiary/aromatic N) is 1. The number of aryl methyl sites for hydroxylation is 1. The third-order valence-corrected chi connectivity index (χ3v) is 5.53. The SMILES string of the molecule is O=C(c1ccc(CC2CCNC2)cc1)N1CCCc2ccccc2C1. The van der Waals surface area contributed by atoms with Gasteiger partial charge in [-0.2, -0.15) is 0 Å². The third kappa shape index (κ3) is 3.77. The lowest BCUT2D eigenvalue weighted by Crippen LogP contribution is -2.30. The number of rotatable bonds is 3. The van der Waals surface area contributed by atoms with Crippen LogP contribution in [-0.4, -0.2) is 30.4 Å². The molecule has 0 saturated carbocycles. The maximum Gasteiger partial charge on any atom is 0.254 e. The van der Waals surface area contributed by atoms with Gasteiger partial charge in [0.15, 0.2) is 0 Å². The topological polar surface area (TPSA) is 32.3 Å². The van der Waals surface area contributed by atoms with Crippen molar-refractivity contribution in [3.8, 4) is 0 Å². The summed E-state index contributed by atoms with van der Waals surface area (Å²) in [5.74, 6) is 0.898. The van der Waals surface area contributed by atoms with Gasteiger partial charge in [-0.3, -0.25) is 4.79 Å². The second kappa shape index (κ2) is 7.40. The smallest absolute Gasteiger partial charge is 0.254 e. The molecule has 1 N–H and O–H groups in total. The lowest BCUT2D eigenvalue weighted by molar-refractivity contribution is 0.0746. The van der Waals surface area contributed by atoms with E-state index in [2.05, 4.69) is 41.7 Å². The molecule has 2 aliphatic heterocycles. The molecule has 4 rings (SSSR count). The molecule has 0 aliphatic carbocycles. The van der Waals surface area contributed by atoms with Crippen LogP contribution in [-0.2, 0) is 19.4 Å². The summed E-state index contributed by atoms with van der Waals surface area (Å²) >= 11 is 0. The monoisotopic (exact) mass is 334 g/mol. The van der Waals surface area contributed by atoms with Crippen molar-refractivity contribution in [2.24, 2.45) is 5.92 Å². The summed E-state index contributed by atoms with van der Waals surface area (Å²) in [7, 11) is 0.